The van der Waals surface area contributed by atoms with Gasteiger partial charge in [0.05, 0.1) is 12.4 Å². The first-order chi connectivity index (χ1) is 11.3. The van der Waals surface area contributed by atoms with E-state index in [0.29, 0.717) is 11.6 Å². The monoisotopic (exact) mass is 357 g/mol. The Morgan fingerprint density at radius 3 is 2.83 bits per heavy atom. The zero-order chi connectivity index (χ0) is 17.3. The molecule has 4 nitrogen and oxygen atoms in total. The molecular formula is C16H15ClF3N3O. The first-order valence-corrected chi connectivity index (χ1v) is 7.86. The van der Waals surface area contributed by atoms with Crippen molar-refractivity contribution in [2.24, 2.45) is 0 Å². The first-order valence-electron chi connectivity index (χ1n) is 7.48. The van der Waals surface area contributed by atoms with E-state index in [0.717, 1.165) is 30.9 Å². The van der Waals surface area contributed by atoms with Gasteiger partial charge in [-0.1, -0.05) is 23.7 Å². The molecule has 2 aromatic rings. The summed E-state index contributed by atoms with van der Waals surface area (Å²) in [6.45, 7) is 0.414. The number of carbonyl (C=O) groups is 1. The molecule has 1 atom stereocenters. The van der Waals surface area contributed by atoms with Crippen LogP contribution in [0.25, 0.3) is 0 Å². The van der Waals surface area contributed by atoms with Crippen LogP contribution in [0.2, 0.25) is 5.02 Å². The van der Waals surface area contributed by atoms with Crippen LogP contribution in [0.4, 0.5) is 13.2 Å². The molecule has 24 heavy (non-hydrogen) atoms. The fraction of sp³-hybridized carbons (Fsp3) is 0.375. The Hall–Kier alpha value is -2.02. The van der Waals surface area contributed by atoms with Gasteiger partial charge in [0, 0.05) is 17.8 Å². The Balaban J connectivity index is 1.73. The van der Waals surface area contributed by atoms with Gasteiger partial charge < -0.3 is 9.47 Å². The molecule has 1 unspecified atom stereocenters. The van der Waals surface area contributed by atoms with Gasteiger partial charge in [0.25, 0.3) is 0 Å². The van der Waals surface area contributed by atoms with E-state index in [-0.39, 0.29) is 18.5 Å². The number of carbonyl (C=O) groups excluding carboxylic acids is 1. The van der Waals surface area contributed by atoms with E-state index in [1.54, 1.807) is 11.0 Å². The Kier molecular flexibility index (Phi) is 4.54. The molecule has 1 saturated heterocycles. The van der Waals surface area contributed by atoms with E-state index < -0.39 is 11.9 Å². The van der Waals surface area contributed by atoms with E-state index in [2.05, 4.69) is 4.98 Å². The quantitative estimate of drug-likeness (QED) is 0.835. The number of nitrogens with zero attached hydrogens (tertiary/aromatic N) is 3. The molecule has 0 spiro atoms. The number of aromatic nitrogens is 2. The summed E-state index contributed by atoms with van der Waals surface area (Å²) in [6, 6.07) is 7.21. The topological polar surface area (TPSA) is 38.1 Å². The fourth-order valence-electron chi connectivity index (χ4n) is 2.97. The highest BCUT2D eigenvalue weighted by Gasteiger charge is 2.34. The Labute approximate surface area is 141 Å². The third-order valence-electron chi connectivity index (χ3n) is 4.05. The maximum Gasteiger partial charge on any atom is 0.434 e. The molecule has 1 aromatic carbocycles. The van der Waals surface area contributed by atoms with Crippen LogP contribution in [0, 0.1) is 0 Å². The van der Waals surface area contributed by atoms with Gasteiger partial charge in [-0.2, -0.15) is 13.2 Å². The van der Waals surface area contributed by atoms with E-state index in [1.165, 1.54) is 4.57 Å². The van der Waals surface area contributed by atoms with Crippen molar-refractivity contribution in [1.82, 2.24) is 14.5 Å². The minimum atomic E-state index is -4.51. The average molecular weight is 358 g/mol. The summed E-state index contributed by atoms with van der Waals surface area (Å²) in [5.41, 5.74) is -0.0573. The molecule has 0 aliphatic carbocycles. The minimum absolute atomic E-state index is 0.0955. The van der Waals surface area contributed by atoms with Crippen LogP contribution in [0.1, 0.15) is 30.1 Å². The lowest BCUT2D eigenvalue weighted by Gasteiger charge is -2.25. The van der Waals surface area contributed by atoms with Crippen LogP contribution in [0.5, 0.6) is 0 Å². The molecule has 8 heteroatoms. The summed E-state index contributed by atoms with van der Waals surface area (Å²) in [4.78, 5) is 17.5. The van der Waals surface area contributed by atoms with Gasteiger partial charge in [0.1, 0.15) is 6.54 Å². The molecular weight excluding hydrogens is 343 g/mol. The number of hydrogen-bond acceptors (Lipinski definition) is 2. The van der Waals surface area contributed by atoms with Gasteiger partial charge in [0.2, 0.25) is 5.91 Å². The van der Waals surface area contributed by atoms with Crippen molar-refractivity contribution < 1.29 is 18.0 Å². The third-order valence-corrected chi connectivity index (χ3v) is 4.28. The molecule has 1 fully saturated rings. The molecule has 3 rings (SSSR count). The van der Waals surface area contributed by atoms with Crippen molar-refractivity contribution in [3.05, 3.63) is 53.1 Å². The standard InChI is InChI=1S/C16H15ClF3N3O/c17-12-4-1-3-11(7-12)13-5-2-6-23(13)15(24)9-22-8-14(21-10-22)16(18,19)20/h1,3-4,7-8,10,13H,2,5-6,9H2. The van der Waals surface area contributed by atoms with Crippen molar-refractivity contribution >= 4 is 17.5 Å². The zero-order valence-electron chi connectivity index (χ0n) is 12.6. The SMILES string of the molecule is O=C(Cn1cnc(C(F)(F)F)c1)N1CCCC1c1cccc(Cl)c1. The van der Waals surface area contributed by atoms with E-state index in [1.807, 2.05) is 18.2 Å². The zero-order valence-corrected chi connectivity index (χ0v) is 13.4. The van der Waals surface area contributed by atoms with Crippen molar-refractivity contribution in [3.63, 3.8) is 0 Å². The minimum Gasteiger partial charge on any atom is -0.334 e. The number of benzene rings is 1. The highest BCUT2D eigenvalue weighted by atomic mass is 35.5. The van der Waals surface area contributed by atoms with Gasteiger partial charge in [0.15, 0.2) is 5.69 Å². The summed E-state index contributed by atoms with van der Waals surface area (Å²) < 4.78 is 38.9. The lowest BCUT2D eigenvalue weighted by Crippen LogP contribution is -2.33. The average Bonchev–Trinajstić information content (AvgIpc) is 3.15. The molecule has 1 aliphatic heterocycles. The predicted octanol–water partition coefficient (Wildman–Crippen LogP) is 3.92. The molecule has 128 valence electrons. The molecule has 1 aromatic heterocycles. The number of alkyl halides is 3. The maximum absolute atomic E-state index is 12.6. The van der Waals surface area contributed by atoms with E-state index in [4.69, 9.17) is 11.6 Å². The predicted molar refractivity (Wildman–Crippen MR) is 82.4 cm³/mol. The largest absolute Gasteiger partial charge is 0.434 e. The molecule has 2 heterocycles. The highest BCUT2D eigenvalue weighted by Crippen LogP contribution is 2.33. The Morgan fingerprint density at radius 1 is 1.38 bits per heavy atom. The molecule has 0 saturated carbocycles. The third kappa shape index (κ3) is 3.56. The molecule has 1 aliphatic rings. The number of hydrogen-bond donors (Lipinski definition) is 0. The van der Waals surface area contributed by atoms with E-state index in [9.17, 15) is 18.0 Å². The van der Waals surface area contributed by atoms with Crippen molar-refractivity contribution in [1.29, 1.82) is 0 Å². The van der Waals surface area contributed by atoms with Gasteiger partial charge >= 0.3 is 6.18 Å². The normalized spacial score (nSPS) is 18.2. The summed E-state index contributed by atoms with van der Waals surface area (Å²) in [6.07, 6.45) is -0.969. The Morgan fingerprint density at radius 2 is 2.17 bits per heavy atom. The van der Waals surface area contributed by atoms with Gasteiger partial charge in [-0.3, -0.25) is 4.79 Å². The fourth-order valence-corrected chi connectivity index (χ4v) is 3.16. The summed E-state index contributed by atoms with van der Waals surface area (Å²) in [7, 11) is 0. The van der Waals surface area contributed by atoms with Crippen LogP contribution in [-0.4, -0.2) is 26.9 Å². The van der Waals surface area contributed by atoms with Crippen LogP contribution < -0.4 is 0 Å². The Bertz CT molecular complexity index is 744. The van der Waals surface area contributed by atoms with E-state index >= 15 is 0 Å². The van der Waals surface area contributed by atoms with Crippen molar-refractivity contribution in [2.75, 3.05) is 6.54 Å². The second-order valence-electron chi connectivity index (χ2n) is 5.73. The molecule has 0 radical (unpaired) electrons. The highest BCUT2D eigenvalue weighted by molar-refractivity contribution is 6.30. The summed E-state index contributed by atoms with van der Waals surface area (Å²) in [5.74, 6) is -0.233. The van der Waals surface area contributed by atoms with Gasteiger partial charge in [-0.05, 0) is 30.5 Å². The number of imidazole rings is 1. The number of likely N-dealkylation sites (tertiary alicyclic amines) is 1. The van der Waals surface area contributed by atoms with Crippen LogP contribution >= 0.6 is 11.6 Å². The summed E-state index contributed by atoms with van der Waals surface area (Å²) >= 11 is 6.00. The number of halogens is 4. The molecule has 0 N–H and O–H groups in total. The molecule has 1 amide bonds. The number of rotatable bonds is 3. The van der Waals surface area contributed by atoms with Crippen molar-refractivity contribution in [2.45, 2.75) is 31.6 Å². The van der Waals surface area contributed by atoms with Crippen LogP contribution in [-0.2, 0) is 17.5 Å². The lowest BCUT2D eigenvalue weighted by molar-refractivity contribution is -0.141. The first kappa shape index (κ1) is 16.8. The molecule has 0 bridgehead atoms. The number of amides is 1. The van der Waals surface area contributed by atoms with Crippen LogP contribution in [0.15, 0.2) is 36.8 Å². The lowest BCUT2D eigenvalue weighted by atomic mass is 10.0. The summed E-state index contributed by atoms with van der Waals surface area (Å²) in [5, 5.41) is 0.594. The van der Waals surface area contributed by atoms with Crippen LogP contribution in [0.3, 0.4) is 0 Å². The van der Waals surface area contributed by atoms with Crippen molar-refractivity contribution in [3.8, 4) is 0 Å². The smallest absolute Gasteiger partial charge is 0.334 e. The van der Waals surface area contributed by atoms with Gasteiger partial charge in [-0.15, -0.1) is 0 Å². The second-order valence-corrected chi connectivity index (χ2v) is 6.17. The van der Waals surface area contributed by atoms with Gasteiger partial charge in [-0.25, -0.2) is 4.98 Å². The second kappa shape index (κ2) is 6.47. The maximum atomic E-state index is 12.6.